The second-order valence-electron chi connectivity index (χ2n) is 8.22. The summed E-state index contributed by atoms with van der Waals surface area (Å²) in [5, 5.41) is 7.46. The number of nitrogens with one attached hydrogen (secondary N) is 1. The van der Waals surface area contributed by atoms with Crippen LogP contribution in [0.15, 0.2) is 102 Å². The highest BCUT2D eigenvalue weighted by atomic mass is 79.9. The summed E-state index contributed by atoms with van der Waals surface area (Å²) in [5.74, 6) is 0.635. The van der Waals surface area contributed by atoms with Crippen LogP contribution in [0.4, 0.5) is 0 Å². The lowest BCUT2D eigenvalue weighted by atomic mass is 9.94. The number of aromatic nitrogens is 1. The summed E-state index contributed by atoms with van der Waals surface area (Å²) >= 11 is 3.59. The minimum absolute atomic E-state index is 0.0917. The third-order valence-corrected chi connectivity index (χ3v) is 6.61. The molecule has 0 saturated carbocycles. The highest BCUT2D eigenvalue weighted by molar-refractivity contribution is 9.10. The molecular formula is C29H25BrN2O. The molecule has 0 radical (unpaired) electrons. The number of ether oxygens (including phenoxy) is 1. The van der Waals surface area contributed by atoms with Crippen molar-refractivity contribution in [2.75, 3.05) is 7.11 Å². The Kier molecular flexibility index (Phi) is 6.12. The van der Waals surface area contributed by atoms with Crippen LogP contribution in [0.5, 0.6) is 5.88 Å². The molecule has 0 aliphatic carbocycles. The van der Waals surface area contributed by atoms with Crippen LogP contribution in [-0.4, -0.2) is 12.1 Å². The number of fused-ring (bicyclic) bond motifs is 2. The molecule has 164 valence electrons. The highest BCUT2D eigenvalue weighted by Crippen LogP contribution is 2.35. The number of halogens is 1. The normalized spacial score (nSPS) is 13.2. The lowest BCUT2D eigenvalue weighted by Gasteiger charge is -2.26. The molecule has 0 aliphatic rings. The maximum absolute atomic E-state index is 5.78. The summed E-state index contributed by atoms with van der Waals surface area (Å²) in [4.78, 5) is 4.83. The Labute approximate surface area is 202 Å². The Morgan fingerprint density at radius 2 is 1.55 bits per heavy atom. The van der Waals surface area contributed by atoms with E-state index in [4.69, 9.17) is 9.72 Å². The Hall–Kier alpha value is -3.21. The van der Waals surface area contributed by atoms with Gasteiger partial charge in [0, 0.05) is 21.5 Å². The fourth-order valence-electron chi connectivity index (χ4n) is 4.50. The van der Waals surface area contributed by atoms with E-state index < -0.39 is 0 Å². The highest BCUT2D eigenvalue weighted by Gasteiger charge is 2.23. The molecule has 0 aliphatic heterocycles. The SMILES string of the molecule is COc1nc2ccc(Br)cc2cc1[C@@H](N[C@@H](C)c1cccc2ccccc12)c1ccccc1. The van der Waals surface area contributed by atoms with Crippen molar-refractivity contribution in [3.8, 4) is 5.88 Å². The van der Waals surface area contributed by atoms with Crippen LogP contribution >= 0.6 is 15.9 Å². The van der Waals surface area contributed by atoms with Gasteiger partial charge in [-0.25, -0.2) is 4.98 Å². The van der Waals surface area contributed by atoms with Crippen molar-refractivity contribution in [2.45, 2.75) is 19.0 Å². The van der Waals surface area contributed by atoms with Gasteiger partial charge >= 0.3 is 0 Å². The predicted molar refractivity (Wildman–Crippen MR) is 140 cm³/mol. The van der Waals surface area contributed by atoms with Crippen molar-refractivity contribution in [1.82, 2.24) is 10.3 Å². The Morgan fingerprint density at radius 1 is 0.788 bits per heavy atom. The number of benzene rings is 4. The van der Waals surface area contributed by atoms with Crippen LogP contribution in [0.3, 0.4) is 0 Å². The first-order valence-electron chi connectivity index (χ1n) is 11.1. The average Bonchev–Trinajstić information content (AvgIpc) is 2.86. The molecule has 3 nitrogen and oxygen atoms in total. The standard InChI is InChI=1S/C29H25BrN2O/c1-19(24-14-8-12-20-9-6-7-13-25(20)24)31-28(21-10-4-3-5-11-21)26-18-22-17-23(30)15-16-27(22)32-29(26)33-2/h3-19,28,31H,1-2H3/t19-,28-/m0/s1. The van der Waals surface area contributed by atoms with Crippen molar-refractivity contribution in [1.29, 1.82) is 0 Å². The zero-order valence-electron chi connectivity index (χ0n) is 18.6. The van der Waals surface area contributed by atoms with Crippen LogP contribution in [0.2, 0.25) is 0 Å². The summed E-state index contributed by atoms with van der Waals surface area (Å²) in [6, 6.07) is 33.8. The van der Waals surface area contributed by atoms with E-state index in [9.17, 15) is 0 Å². The number of pyridine rings is 1. The van der Waals surface area contributed by atoms with Gasteiger partial charge in [0.05, 0.1) is 18.7 Å². The maximum Gasteiger partial charge on any atom is 0.218 e. The first kappa shape index (κ1) is 21.6. The molecule has 5 rings (SSSR count). The molecule has 0 amide bonds. The minimum Gasteiger partial charge on any atom is -0.481 e. The van der Waals surface area contributed by atoms with Crippen LogP contribution < -0.4 is 10.1 Å². The van der Waals surface area contributed by atoms with Gasteiger partial charge in [0.1, 0.15) is 0 Å². The molecule has 2 atom stereocenters. The number of rotatable bonds is 6. The van der Waals surface area contributed by atoms with Crippen molar-refractivity contribution in [3.05, 3.63) is 118 Å². The fraction of sp³-hybridized carbons (Fsp3) is 0.138. The first-order valence-corrected chi connectivity index (χ1v) is 11.9. The molecular weight excluding hydrogens is 472 g/mol. The molecule has 4 heteroatoms. The van der Waals surface area contributed by atoms with E-state index in [1.54, 1.807) is 7.11 Å². The Bertz CT molecular complexity index is 1410. The molecule has 1 aromatic heterocycles. The maximum atomic E-state index is 5.78. The van der Waals surface area contributed by atoms with Gasteiger partial charge in [-0.15, -0.1) is 0 Å². The van der Waals surface area contributed by atoms with E-state index in [1.165, 1.54) is 21.9 Å². The summed E-state index contributed by atoms with van der Waals surface area (Å²) in [6.07, 6.45) is 0. The molecule has 0 spiro atoms. The second kappa shape index (κ2) is 9.34. The van der Waals surface area contributed by atoms with Gasteiger partial charge in [0.25, 0.3) is 0 Å². The first-order chi connectivity index (χ1) is 16.1. The number of hydrogen-bond acceptors (Lipinski definition) is 3. The fourth-order valence-corrected chi connectivity index (χ4v) is 4.87. The van der Waals surface area contributed by atoms with E-state index in [-0.39, 0.29) is 12.1 Å². The van der Waals surface area contributed by atoms with Crippen LogP contribution in [0.25, 0.3) is 21.7 Å². The molecule has 0 saturated heterocycles. The minimum atomic E-state index is -0.0917. The third kappa shape index (κ3) is 4.37. The van der Waals surface area contributed by atoms with Crippen molar-refractivity contribution in [2.24, 2.45) is 0 Å². The van der Waals surface area contributed by atoms with Gasteiger partial charge in [-0.3, -0.25) is 5.32 Å². The molecule has 33 heavy (non-hydrogen) atoms. The Morgan fingerprint density at radius 3 is 2.36 bits per heavy atom. The molecule has 0 bridgehead atoms. The lowest BCUT2D eigenvalue weighted by Crippen LogP contribution is -2.26. The number of methoxy groups -OCH3 is 1. The molecule has 1 heterocycles. The molecule has 1 N–H and O–H groups in total. The van der Waals surface area contributed by atoms with Gasteiger partial charge in [-0.2, -0.15) is 0 Å². The van der Waals surface area contributed by atoms with Gasteiger partial charge in [0.15, 0.2) is 0 Å². The van der Waals surface area contributed by atoms with Crippen molar-refractivity contribution >= 4 is 37.6 Å². The van der Waals surface area contributed by atoms with E-state index in [0.717, 1.165) is 20.9 Å². The van der Waals surface area contributed by atoms with E-state index >= 15 is 0 Å². The molecule has 4 aromatic carbocycles. The van der Waals surface area contributed by atoms with Crippen LogP contribution in [0.1, 0.15) is 35.7 Å². The van der Waals surface area contributed by atoms with Crippen molar-refractivity contribution < 1.29 is 4.74 Å². The molecule has 0 fully saturated rings. The number of hydrogen-bond donors (Lipinski definition) is 1. The predicted octanol–water partition coefficient (Wildman–Crippen LogP) is 7.60. The summed E-state index contributed by atoms with van der Waals surface area (Å²) in [5.41, 5.74) is 4.36. The zero-order chi connectivity index (χ0) is 22.8. The zero-order valence-corrected chi connectivity index (χ0v) is 20.2. The van der Waals surface area contributed by atoms with E-state index in [1.807, 2.05) is 18.2 Å². The van der Waals surface area contributed by atoms with E-state index in [2.05, 4.69) is 107 Å². The van der Waals surface area contributed by atoms with Crippen LogP contribution in [-0.2, 0) is 0 Å². The van der Waals surface area contributed by atoms with Gasteiger partial charge in [-0.1, -0.05) is 88.7 Å². The number of nitrogens with zero attached hydrogens (tertiary/aromatic N) is 1. The summed E-state index contributed by atoms with van der Waals surface area (Å²) < 4.78 is 6.81. The van der Waals surface area contributed by atoms with Gasteiger partial charge in [0.2, 0.25) is 5.88 Å². The van der Waals surface area contributed by atoms with Crippen molar-refractivity contribution in [3.63, 3.8) is 0 Å². The average molecular weight is 497 g/mol. The van der Waals surface area contributed by atoms with Gasteiger partial charge < -0.3 is 4.74 Å². The topological polar surface area (TPSA) is 34.1 Å². The molecule has 5 aromatic rings. The lowest BCUT2D eigenvalue weighted by molar-refractivity contribution is 0.385. The monoisotopic (exact) mass is 496 g/mol. The summed E-state index contributed by atoms with van der Waals surface area (Å²) in [6.45, 7) is 2.22. The molecule has 0 unspecified atom stereocenters. The largest absolute Gasteiger partial charge is 0.481 e. The summed E-state index contributed by atoms with van der Waals surface area (Å²) in [7, 11) is 1.69. The third-order valence-electron chi connectivity index (χ3n) is 6.11. The van der Waals surface area contributed by atoms with E-state index in [0.29, 0.717) is 5.88 Å². The quantitative estimate of drug-likeness (QED) is 0.262. The van der Waals surface area contributed by atoms with Gasteiger partial charge in [-0.05, 0) is 53.1 Å². The smallest absolute Gasteiger partial charge is 0.218 e. The Balaban J connectivity index is 1.63. The van der Waals surface area contributed by atoms with Crippen LogP contribution in [0, 0.1) is 0 Å². The second-order valence-corrected chi connectivity index (χ2v) is 9.14.